The predicted molar refractivity (Wildman–Crippen MR) is 107 cm³/mol. The van der Waals surface area contributed by atoms with E-state index in [4.69, 9.17) is 4.42 Å². The fourth-order valence-electron chi connectivity index (χ4n) is 2.47. The number of benzene rings is 1. The predicted octanol–water partition coefficient (Wildman–Crippen LogP) is 3.06. The first-order valence-electron chi connectivity index (χ1n) is 8.11. The van der Waals surface area contributed by atoms with E-state index in [0.717, 1.165) is 14.6 Å². The van der Waals surface area contributed by atoms with Gasteiger partial charge >= 0.3 is 5.69 Å². The molecule has 0 aliphatic heterocycles. The summed E-state index contributed by atoms with van der Waals surface area (Å²) in [6, 6.07) is 7.98. The zero-order valence-corrected chi connectivity index (χ0v) is 17.0. The van der Waals surface area contributed by atoms with Crippen molar-refractivity contribution < 1.29 is 4.42 Å². The number of nitrogens with one attached hydrogen (secondary N) is 1. The lowest BCUT2D eigenvalue weighted by atomic mass is 10.1. The van der Waals surface area contributed by atoms with E-state index in [1.807, 2.05) is 24.3 Å². The van der Waals surface area contributed by atoms with E-state index in [9.17, 15) is 9.59 Å². The highest BCUT2D eigenvalue weighted by Gasteiger charge is 2.15. The second-order valence-corrected chi connectivity index (χ2v) is 7.63. The Kier molecular flexibility index (Phi) is 6.12. The summed E-state index contributed by atoms with van der Waals surface area (Å²) in [7, 11) is 0. The first-order valence-corrected chi connectivity index (χ1v) is 9.89. The molecule has 0 aliphatic rings. The van der Waals surface area contributed by atoms with E-state index in [-0.39, 0.29) is 18.5 Å². The molecule has 0 amide bonds. The fourth-order valence-corrected chi connectivity index (χ4v) is 3.47. The van der Waals surface area contributed by atoms with Crippen LogP contribution in [0.15, 0.2) is 60.6 Å². The van der Waals surface area contributed by atoms with Gasteiger partial charge in [0.15, 0.2) is 0 Å². The summed E-state index contributed by atoms with van der Waals surface area (Å²) in [5.74, 6) is 1.02. The molecule has 1 aromatic carbocycles. The quantitative estimate of drug-likeness (QED) is 0.440. The molecule has 0 bridgehead atoms. The standard InChI is InChI=1S/C18H17BrN4O3S/c1-3-8-23-16(24)14(11(2)20-17(23)25)9-15-21-22-18(26-15)27-10-12-4-6-13(19)7-5-12/h3-7H,1,8-10H2,2H3,(H,20,25). The van der Waals surface area contributed by atoms with E-state index in [1.165, 1.54) is 17.8 Å². The number of hydrogen-bond acceptors (Lipinski definition) is 6. The van der Waals surface area contributed by atoms with Crippen LogP contribution < -0.4 is 11.2 Å². The van der Waals surface area contributed by atoms with E-state index in [2.05, 4.69) is 37.7 Å². The number of aromatic nitrogens is 4. The lowest BCUT2D eigenvalue weighted by Gasteiger charge is -2.06. The molecule has 0 fully saturated rings. The van der Waals surface area contributed by atoms with Gasteiger partial charge in [0.1, 0.15) is 0 Å². The first-order chi connectivity index (χ1) is 13.0. The van der Waals surface area contributed by atoms with Crippen LogP contribution >= 0.6 is 27.7 Å². The minimum atomic E-state index is -0.461. The smallest absolute Gasteiger partial charge is 0.328 e. The largest absolute Gasteiger partial charge is 0.416 e. The summed E-state index contributed by atoms with van der Waals surface area (Å²) in [5.41, 5.74) is 1.21. The number of allylic oxidation sites excluding steroid dienone is 1. The van der Waals surface area contributed by atoms with Gasteiger partial charge in [-0.25, -0.2) is 4.79 Å². The number of thioether (sulfide) groups is 1. The highest BCUT2D eigenvalue weighted by molar-refractivity contribution is 9.10. The van der Waals surface area contributed by atoms with Crippen LogP contribution in [0.25, 0.3) is 0 Å². The molecule has 140 valence electrons. The molecule has 0 atom stereocenters. The van der Waals surface area contributed by atoms with Crippen molar-refractivity contribution in [3.63, 3.8) is 0 Å². The van der Waals surface area contributed by atoms with Crippen LogP contribution in [0.3, 0.4) is 0 Å². The third-order valence-electron chi connectivity index (χ3n) is 3.86. The van der Waals surface area contributed by atoms with Crippen molar-refractivity contribution >= 4 is 27.7 Å². The van der Waals surface area contributed by atoms with Crippen LogP contribution in [0, 0.1) is 6.92 Å². The summed E-state index contributed by atoms with van der Waals surface area (Å²) >= 11 is 4.83. The number of halogens is 1. The van der Waals surface area contributed by atoms with Crippen molar-refractivity contribution in [3.05, 3.63) is 84.9 Å². The monoisotopic (exact) mass is 448 g/mol. The van der Waals surface area contributed by atoms with Crippen LogP contribution in [0.1, 0.15) is 22.7 Å². The molecular weight excluding hydrogens is 432 g/mol. The van der Waals surface area contributed by atoms with Gasteiger partial charge < -0.3 is 9.40 Å². The van der Waals surface area contributed by atoms with Gasteiger partial charge in [-0.05, 0) is 24.6 Å². The van der Waals surface area contributed by atoms with Gasteiger partial charge in [0.05, 0.1) is 6.42 Å². The Balaban J connectivity index is 1.75. The van der Waals surface area contributed by atoms with Crippen molar-refractivity contribution in [1.29, 1.82) is 0 Å². The summed E-state index contributed by atoms with van der Waals surface area (Å²) in [4.78, 5) is 27.1. The molecule has 3 rings (SSSR count). The minimum Gasteiger partial charge on any atom is -0.416 e. The number of hydrogen-bond donors (Lipinski definition) is 1. The maximum atomic E-state index is 12.5. The number of rotatable bonds is 7. The van der Waals surface area contributed by atoms with E-state index in [0.29, 0.717) is 28.1 Å². The van der Waals surface area contributed by atoms with Gasteiger partial charge in [-0.15, -0.1) is 16.8 Å². The SMILES string of the molecule is C=CCn1c(=O)[nH]c(C)c(Cc2nnc(SCc3ccc(Br)cc3)o2)c1=O. The van der Waals surface area contributed by atoms with E-state index >= 15 is 0 Å². The lowest BCUT2D eigenvalue weighted by molar-refractivity contribution is 0.419. The highest BCUT2D eigenvalue weighted by Crippen LogP contribution is 2.23. The Morgan fingerprint density at radius 1 is 1.30 bits per heavy atom. The molecule has 0 unspecified atom stereocenters. The third-order valence-corrected chi connectivity index (χ3v) is 5.28. The molecular formula is C18H17BrN4O3S. The summed E-state index contributed by atoms with van der Waals surface area (Å²) in [6.07, 6.45) is 1.66. The van der Waals surface area contributed by atoms with Crippen LogP contribution in [-0.2, 0) is 18.7 Å². The third kappa shape index (κ3) is 4.67. The van der Waals surface area contributed by atoms with Crippen LogP contribution in [0.2, 0.25) is 0 Å². The Labute approximate surface area is 167 Å². The summed E-state index contributed by atoms with van der Waals surface area (Å²) in [6.45, 7) is 5.38. The first kappa shape index (κ1) is 19.4. The molecule has 7 nitrogen and oxygen atoms in total. The van der Waals surface area contributed by atoms with Gasteiger partial charge in [0, 0.05) is 28.0 Å². The molecule has 1 N–H and O–H groups in total. The highest BCUT2D eigenvalue weighted by atomic mass is 79.9. The molecule has 0 spiro atoms. The number of aryl methyl sites for hydroxylation is 1. The van der Waals surface area contributed by atoms with Gasteiger partial charge in [-0.3, -0.25) is 9.36 Å². The maximum Gasteiger partial charge on any atom is 0.328 e. The normalized spacial score (nSPS) is 10.9. The van der Waals surface area contributed by atoms with Crippen LogP contribution in [-0.4, -0.2) is 19.7 Å². The van der Waals surface area contributed by atoms with Gasteiger partial charge in [-0.2, -0.15) is 0 Å². The molecule has 0 radical (unpaired) electrons. The average Bonchev–Trinajstić information content (AvgIpc) is 3.09. The molecule has 0 saturated carbocycles. The molecule has 2 aromatic heterocycles. The van der Waals surface area contributed by atoms with Crippen molar-refractivity contribution in [3.8, 4) is 0 Å². The number of nitrogens with zero attached hydrogens (tertiary/aromatic N) is 3. The number of H-pyrrole nitrogens is 1. The van der Waals surface area contributed by atoms with E-state index in [1.54, 1.807) is 6.92 Å². The van der Waals surface area contributed by atoms with Crippen molar-refractivity contribution in [2.45, 2.75) is 30.9 Å². The van der Waals surface area contributed by atoms with E-state index < -0.39 is 5.69 Å². The Morgan fingerprint density at radius 3 is 2.74 bits per heavy atom. The Morgan fingerprint density at radius 2 is 2.04 bits per heavy atom. The second-order valence-electron chi connectivity index (χ2n) is 5.79. The Bertz CT molecular complexity index is 1070. The Hall–Kier alpha value is -2.39. The molecule has 2 heterocycles. The van der Waals surface area contributed by atoms with Crippen molar-refractivity contribution in [2.75, 3.05) is 0 Å². The van der Waals surface area contributed by atoms with Crippen LogP contribution in [0.4, 0.5) is 0 Å². The summed E-state index contributed by atoms with van der Waals surface area (Å²) in [5, 5.41) is 8.47. The molecule has 3 aromatic rings. The second kappa shape index (κ2) is 8.53. The zero-order valence-electron chi connectivity index (χ0n) is 14.6. The average molecular weight is 449 g/mol. The fraction of sp³-hybridized carbons (Fsp3) is 0.222. The van der Waals surface area contributed by atoms with Gasteiger partial charge in [-0.1, -0.05) is 45.9 Å². The van der Waals surface area contributed by atoms with Crippen molar-refractivity contribution in [2.24, 2.45) is 0 Å². The van der Waals surface area contributed by atoms with Gasteiger partial charge in [0.25, 0.3) is 10.8 Å². The topological polar surface area (TPSA) is 93.8 Å². The molecule has 0 saturated heterocycles. The number of aromatic amines is 1. The molecule has 27 heavy (non-hydrogen) atoms. The summed E-state index contributed by atoms with van der Waals surface area (Å²) < 4.78 is 7.76. The van der Waals surface area contributed by atoms with Crippen LogP contribution in [0.5, 0.6) is 0 Å². The van der Waals surface area contributed by atoms with Gasteiger partial charge in [0.2, 0.25) is 5.89 Å². The lowest BCUT2D eigenvalue weighted by Crippen LogP contribution is -2.37. The van der Waals surface area contributed by atoms with Crippen molar-refractivity contribution in [1.82, 2.24) is 19.7 Å². The maximum absolute atomic E-state index is 12.5. The molecule has 0 aliphatic carbocycles. The zero-order chi connectivity index (χ0) is 19.4. The minimum absolute atomic E-state index is 0.138. The molecule has 9 heteroatoms.